The van der Waals surface area contributed by atoms with Crippen molar-refractivity contribution in [2.24, 2.45) is 52.3 Å². The Labute approximate surface area is 184 Å². The molecule has 0 bridgehead atoms. The molecule has 0 spiro atoms. The van der Waals surface area contributed by atoms with Gasteiger partial charge in [0.25, 0.3) is 0 Å². The average molecular weight is 419 g/mol. The fraction of sp³-hybridized carbons (Fsp3) is 0.963. The van der Waals surface area contributed by atoms with Gasteiger partial charge in [0.15, 0.2) is 0 Å². The fourth-order valence-corrected chi connectivity index (χ4v) is 9.56. The third kappa shape index (κ3) is 3.41. The van der Waals surface area contributed by atoms with Crippen LogP contribution in [-0.2, 0) is 4.79 Å². The van der Waals surface area contributed by atoms with E-state index in [1.54, 1.807) is 6.92 Å². The summed E-state index contributed by atoms with van der Waals surface area (Å²) >= 11 is 0. The van der Waals surface area contributed by atoms with Crippen LogP contribution < -0.4 is 0 Å². The quantitative estimate of drug-likeness (QED) is 0.609. The van der Waals surface area contributed by atoms with Crippen LogP contribution in [0, 0.1) is 52.3 Å². The smallest absolute Gasteiger partial charge is 0.129 e. The number of aliphatic hydroxyl groups is 2. The van der Waals surface area contributed by atoms with Crippen LogP contribution in [0.2, 0.25) is 0 Å². The van der Waals surface area contributed by atoms with Crippen LogP contribution in [-0.4, -0.2) is 28.2 Å². The topological polar surface area (TPSA) is 57.5 Å². The molecule has 0 saturated heterocycles. The second-order valence-corrected chi connectivity index (χ2v) is 12.3. The first kappa shape index (κ1) is 22.8. The van der Waals surface area contributed by atoms with Gasteiger partial charge in [-0.1, -0.05) is 34.1 Å². The first-order valence-electron chi connectivity index (χ1n) is 13.0. The predicted octanol–water partition coefficient (Wildman–Crippen LogP) is 5.62. The highest BCUT2D eigenvalue weighted by Gasteiger charge is 2.64. The zero-order valence-corrected chi connectivity index (χ0v) is 20.1. The average Bonchev–Trinajstić information content (AvgIpc) is 3.05. The maximum atomic E-state index is 11.7. The van der Waals surface area contributed by atoms with Gasteiger partial charge < -0.3 is 15.0 Å². The molecule has 0 heterocycles. The monoisotopic (exact) mass is 418 g/mol. The van der Waals surface area contributed by atoms with Crippen molar-refractivity contribution < 1.29 is 15.0 Å². The molecular weight excluding hydrogens is 372 g/mol. The Balaban J connectivity index is 1.61. The third-order valence-electron chi connectivity index (χ3n) is 11.1. The minimum atomic E-state index is -0.209. The number of ketones is 1. The van der Waals surface area contributed by atoms with E-state index in [1.807, 2.05) is 0 Å². The number of hydrogen-bond donors (Lipinski definition) is 2. The van der Waals surface area contributed by atoms with Crippen LogP contribution in [0.25, 0.3) is 0 Å². The molecule has 0 amide bonds. The lowest BCUT2D eigenvalue weighted by atomic mass is 9.41. The molecule has 30 heavy (non-hydrogen) atoms. The maximum absolute atomic E-state index is 11.7. The Morgan fingerprint density at radius 2 is 1.67 bits per heavy atom. The molecule has 4 unspecified atom stereocenters. The van der Waals surface area contributed by atoms with E-state index < -0.39 is 0 Å². The molecule has 0 aromatic carbocycles. The minimum absolute atomic E-state index is 0.173. The molecule has 4 aliphatic rings. The van der Waals surface area contributed by atoms with E-state index in [-0.39, 0.29) is 17.6 Å². The SMILES string of the molecule is CC[C@@H]1C2C[C@H](O)CC[C@]2(C)C2CC[C@@]3(C)C(CC[C@@H]3[C@H](C)CCC(C)=O)C2[C@H]1O. The highest BCUT2D eigenvalue weighted by atomic mass is 16.3. The molecule has 0 radical (unpaired) electrons. The summed E-state index contributed by atoms with van der Waals surface area (Å²) in [4.78, 5) is 11.6. The predicted molar refractivity (Wildman–Crippen MR) is 121 cm³/mol. The highest BCUT2D eigenvalue weighted by Crippen LogP contribution is 2.69. The Morgan fingerprint density at radius 3 is 2.33 bits per heavy atom. The van der Waals surface area contributed by atoms with Gasteiger partial charge in [0.05, 0.1) is 12.2 Å². The van der Waals surface area contributed by atoms with E-state index in [0.29, 0.717) is 59.0 Å². The molecule has 3 heteroatoms. The van der Waals surface area contributed by atoms with E-state index in [0.717, 1.165) is 32.1 Å². The molecule has 172 valence electrons. The lowest BCUT2D eigenvalue weighted by Crippen LogP contribution is -2.62. The van der Waals surface area contributed by atoms with E-state index in [4.69, 9.17) is 0 Å². The Bertz CT molecular complexity index is 646. The van der Waals surface area contributed by atoms with Gasteiger partial charge in [0.1, 0.15) is 5.78 Å². The summed E-state index contributed by atoms with van der Waals surface area (Å²) in [5.74, 6) is 4.06. The first-order valence-corrected chi connectivity index (χ1v) is 13.0. The van der Waals surface area contributed by atoms with Crippen molar-refractivity contribution >= 4 is 5.78 Å². The van der Waals surface area contributed by atoms with Gasteiger partial charge in [-0.05, 0) is 111 Å². The molecule has 0 aromatic rings. The van der Waals surface area contributed by atoms with Crippen molar-refractivity contribution in [2.45, 2.75) is 111 Å². The zero-order chi connectivity index (χ0) is 21.8. The van der Waals surface area contributed by atoms with E-state index in [2.05, 4.69) is 27.7 Å². The normalized spacial score (nSPS) is 51.6. The molecule has 11 atom stereocenters. The van der Waals surface area contributed by atoms with E-state index >= 15 is 0 Å². The van der Waals surface area contributed by atoms with Crippen molar-refractivity contribution in [3.63, 3.8) is 0 Å². The summed E-state index contributed by atoms with van der Waals surface area (Å²) in [6.45, 7) is 11.4. The number of rotatable bonds is 5. The second kappa shape index (κ2) is 8.18. The van der Waals surface area contributed by atoms with Gasteiger partial charge in [-0.2, -0.15) is 0 Å². The van der Waals surface area contributed by atoms with Crippen molar-refractivity contribution in [1.29, 1.82) is 0 Å². The van der Waals surface area contributed by atoms with Gasteiger partial charge in [0.2, 0.25) is 0 Å². The second-order valence-electron chi connectivity index (χ2n) is 12.3. The molecular formula is C27H46O3. The van der Waals surface area contributed by atoms with Crippen LogP contribution in [0.5, 0.6) is 0 Å². The molecule has 0 aromatic heterocycles. The van der Waals surface area contributed by atoms with Crippen LogP contribution >= 0.6 is 0 Å². The van der Waals surface area contributed by atoms with Crippen LogP contribution in [0.3, 0.4) is 0 Å². The summed E-state index contributed by atoms with van der Waals surface area (Å²) < 4.78 is 0. The largest absolute Gasteiger partial charge is 0.393 e. The van der Waals surface area contributed by atoms with Crippen molar-refractivity contribution in [3.8, 4) is 0 Å². The molecule has 4 saturated carbocycles. The molecule has 3 nitrogen and oxygen atoms in total. The van der Waals surface area contributed by atoms with Gasteiger partial charge in [-0.3, -0.25) is 0 Å². The molecule has 2 N–H and O–H groups in total. The zero-order valence-electron chi connectivity index (χ0n) is 20.1. The van der Waals surface area contributed by atoms with Crippen molar-refractivity contribution in [2.75, 3.05) is 0 Å². The summed E-state index contributed by atoms with van der Waals surface area (Å²) in [5, 5.41) is 22.2. The Hall–Kier alpha value is -0.410. The first-order chi connectivity index (χ1) is 14.1. The summed E-state index contributed by atoms with van der Waals surface area (Å²) in [7, 11) is 0. The lowest BCUT2D eigenvalue weighted by Gasteiger charge is -2.64. The number of carbonyl (C=O) groups excluding carboxylic acids is 1. The molecule has 4 aliphatic carbocycles. The van der Waals surface area contributed by atoms with Crippen LogP contribution in [0.15, 0.2) is 0 Å². The Kier molecular flexibility index (Phi) is 6.21. The molecule has 4 rings (SSSR count). The van der Waals surface area contributed by atoms with Crippen molar-refractivity contribution in [1.82, 2.24) is 0 Å². The number of hydrogen-bond acceptors (Lipinski definition) is 3. The molecule has 4 fully saturated rings. The molecule has 0 aliphatic heterocycles. The number of Topliss-reactive ketones (excluding diaryl/α,β-unsaturated/α-hetero) is 1. The Morgan fingerprint density at radius 1 is 1.00 bits per heavy atom. The van der Waals surface area contributed by atoms with Gasteiger partial charge in [-0.15, -0.1) is 0 Å². The summed E-state index contributed by atoms with van der Waals surface area (Å²) in [6.07, 6.45) is 10.4. The number of fused-ring (bicyclic) bond motifs is 5. The fourth-order valence-electron chi connectivity index (χ4n) is 9.56. The summed E-state index contributed by atoms with van der Waals surface area (Å²) in [6, 6.07) is 0. The van der Waals surface area contributed by atoms with Gasteiger partial charge >= 0.3 is 0 Å². The minimum Gasteiger partial charge on any atom is -0.393 e. The maximum Gasteiger partial charge on any atom is 0.129 e. The van der Waals surface area contributed by atoms with Gasteiger partial charge in [0, 0.05) is 6.42 Å². The summed E-state index contributed by atoms with van der Waals surface area (Å²) in [5.41, 5.74) is 0.595. The lowest BCUT2D eigenvalue weighted by molar-refractivity contribution is -0.203. The number of carbonyl (C=O) groups is 1. The number of aliphatic hydroxyl groups excluding tert-OH is 2. The third-order valence-corrected chi connectivity index (χ3v) is 11.1. The van der Waals surface area contributed by atoms with Gasteiger partial charge in [-0.25, -0.2) is 0 Å². The van der Waals surface area contributed by atoms with Crippen LogP contribution in [0.1, 0.15) is 98.8 Å². The highest BCUT2D eigenvalue weighted by molar-refractivity contribution is 5.75. The van der Waals surface area contributed by atoms with Crippen molar-refractivity contribution in [3.05, 3.63) is 0 Å². The van der Waals surface area contributed by atoms with E-state index in [1.165, 1.54) is 25.7 Å². The van der Waals surface area contributed by atoms with Crippen LogP contribution in [0.4, 0.5) is 0 Å². The standard InChI is InChI=1S/C27H46O3/c1-6-19-23-15-18(29)11-13-27(23,5)22-12-14-26(4)20(16(2)7-8-17(3)28)9-10-21(26)24(22)25(19)30/h16,18-25,29-30H,6-15H2,1-5H3/t16-,18-,19-,20-,21?,22?,23?,24?,25+,26-,27-/m1/s1. The van der Waals surface area contributed by atoms with E-state index in [9.17, 15) is 15.0 Å².